The maximum absolute atomic E-state index is 13.6. The topological polar surface area (TPSA) is 66.8 Å². The molecule has 0 radical (unpaired) electrons. The molecule has 1 aromatic carbocycles. The molecule has 1 amide bonds. The lowest BCUT2D eigenvalue weighted by Gasteiger charge is -2.50. The number of carbonyl (C=O) groups excluding carboxylic acids is 1. The first-order valence-corrected chi connectivity index (χ1v) is 16.4. The van der Waals surface area contributed by atoms with Crippen LogP contribution >= 0.6 is 27.7 Å². The van der Waals surface area contributed by atoms with E-state index in [0.29, 0.717) is 13.0 Å². The van der Waals surface area contributed by atoms with Crippen molar-refractivity contribution in [1.29, 1.82) is 0 Å². The first kappa shape index (κ1) is 26.5. The van der Waals surface area contributed by atoms with Crippen LogP contribution in [0.3, 0.4) is 0 Å². The zero-order valence-corrected chi connectivity index (χ0v) is 23.8. The van der Waals surface area contributed by atoms with E-state index >= 15 is 0 Å². The van der Waals surface area contributed by atoms with Gasteiger partial charge in [-0.25, -0.2) is 4.79 Å². The minimum absolute atomic E-state index is 0.0374. The maximum Gasteiger partial charge on any atom is 0.328 e. The fourth-order valence-corrected chi connectivity index (χ4v) is 8.32. The van der Waals surface area contributed by atoms with Crippen LogP contribution in [0, 0.1) is 17.3 Å². The SMILES string of the molecule is C=CCC1(c2ccc(CBr)cc2)S[C@@H]2[C@H]([C@H](CCO[SiH](C)C)C(C)(C)C)C(=O)N2C1C(=O)O. The number of carbonyl (C=O) groups is 2. The van der Waals surface area contributed by atoms with Gasteiger partial charge in [0.1, 0.15) is 6.04 Å². The van der Waals surface area contributed by atoms with Gasteiger partial charge in [0.25, 0.3) is 0 Å². The van der Waals surface area contributed by atoms with Crippen molar-refractivity contribution in [3.63, 3.8) is 0 Å². The van der Waals surface area contributed by atoms with Gasteiger partial charge in [-0.05, 0) is 48.4 Å². The van der Waals surface area contributed by atoms with Crippen molar-refractivity contribution in [2.24, 2.45) is 17.3 Å². The highest BCUT2D eigenvalue weighted by molar-refractivity contribution is 9.08. The number of hydrogen-bond donors (Lipinski definition) is 1. The second-order valence-corrected chi connectivity index (χ2v) is 14.9. The Morgan fingerprint density at radius 2 is 2.00 bits per heavy atom. The van der Waals surface area contributed by atoms with E-state index in [1.807, 2.05) is 24.3 Å². The monoisotopic (exact) mass is 553 g/mol. The summed E-state index contributed by atoms with van der Waals surface area (Å²) in [6, 6.07) is 7.15. The van der Waals surface area contributed by atoms with Gasteiger partial charge in [-0.1, -0.05) is 67.0 Å². The predicted molar refractivity (Wildman–Crippen MR) is 141 cm³/mol. The number of benzene rings is 1. The average Bonchev–Trinajstić information content (AvgIpc) is 3.04. The van der Waals surface area contributed by atoms with Gasteiger partial charge in [0.2, 0.25) is 5.91 Å². The van der Waals surface area contributed by atoms with Gasteiger partial charge < -0.3 is 14.4 Å². The summed E-state index contributed by atoms with van der Waals surface area (Å²) in [5.41, 5.74) is 1.97. The average molecular weight is 555 g/mol. The number of nitrogens with zero attached hydrogens (tertiary/aromatic N) is 1. The summed E-state index contributed by atoms with van der Waals surface area (Å²) < 4.78 is 5.21. The normalized spacial score (nSPS) is 27.9. The third kappa shape index (κ3) is 4.99. The van der Waals surface area contributed by atoms with E-state index in [9.17, 15) is 14.7 Å². The molecule has 2 aliphatic rings. The quantitative estimate of drug-likeness (QED) is 0.182. The van der Waals surface area contributed by atoms with Crippen molar-refractivity contribution in [2.75, 3.05) is 6.61 Å². The van der Waals surface area contributed by atoms with Crippen molar-refractivity contribution >= 4 is 48.6 Å². The largest absolute Gasteiger partial charge is 0.480 e. The Balaban J connectivity index is 1.99. The third-order valence-electron chi connectivity index (χ3n) is 6.88. The molecule has 2 saturated heterocycles. The molecule has 1 N–H and O–H groups in total. The van der Waals surface area contributed by atoms with Crippen molar-refractivity contribution in [1.82, 2.24) is 4.90 Å². The van der Waals surface area contributed by atoms with Crippen LogP contribution in [0.15, 0.2) is 36.9 Å². The zero-order valence-electron chi connectivity index (χ0n) is 20.2. The molecule has 8 heteroatoms. The second-order valence-electron chi connectivity index (χ2n) is 10.4. The van der Waals surface area contributed by atoms with Crippen LogP contribution in [0.5, 0.6) is 0 Å². The molecule has 0 aliphatic carbocycles. The number of β-lactam (4-membered cyclic amide) rings is 1. The summed E-state index contributed by atoms with van der Waals surface area (Å²) in [5.74, 6) is -1.08. The van der Waals surface area contributed by atoms with Crippen LogP contribution < -0.4 is 0 Å². The minimum Gasteiger partial charge on any atom is -0.480 e. The Labute approximate surface area is 212 Å². The Kier molecular flexibility index (Phi) is 8.24. The second kappa shape index (κ2) is 10.3. The Morgan fingerprint density at radius 3 is 2.48 bits per heavy atom. The minimum atomic E-state index is -1.14. The summed E-state index contributed by atoms with van der Waals surface area (Å²) in [4.78, 5) is 27.8. The number of fused-ring (bicyclic) bond motifs is 1. The Hall–Kier alpha value is -1.09. The molecule has 3 rings (SSSR count). The van der Waals surface area contributed by atoms with Gasteiger partial charge in [0.15, 0.2) is 9.04 Å². The van der Waals surface area contributed by atoms with Crippen molar-refractivity contribution < 1.29 is 19.1 Å². The van der Waals surface area contributed by atoms with Gasteiger partial charge in [-0.2, -0.15) is 0 Å². The molecular weight excluding hydrogens is 518 g/mol. The van der Waals surface area contributed by atoms with Crippen LogP contribution in [0.2, 0.25) is 13.1 Å². The van der Waals surface area contributed by atoms with Gasteiger partial charge >= 0.3 is 5.97 Å². The predicted octanol–water partition coefficient (Wildman–Crippen LogP) is 5.39. The molecule has 5 atom stereocenters. The summed E-state index contributed by atoms with van der Waals surface area (Å²) in [6.07, 6.45) is 3.08. The smallest absolute Gasteiger partial charge is 0.328 e. The number of carboxylic acids is 1. The lowest BCUT2D eigenvalue weighted by atomic mass is 9.67. The Morgan fingerprint density at radius 1 is 1.36 bits per heavy atom. The summed E-state index contributed by atoms with van der Waals surface area (Å²) in [5, 5.41) is 10.9. The molecule has 33 heavy (non-hydrogen) atoms. The first-order chi connectivity index (χ1) is 15.5. The lowest BCUT2D eigenvalue weighted by Crippen LogP contribution is -2.65. The number of aliphatic carboxylic acids is 1. The molecule has 0 spiro atoms. The number of allylic oxidation sites excluding steroid dienone is 1. The number of rotatable bonds is 10. The van der Waals surface area contributed by atoms with Crippen molar-refractivity contribution in [2.45, 2.75) is 68.2 Å². The highest BCUT2D eigenvalue weighted by atomic mass is 79.9. The zero-order chi connectivity index (χ0) is 24.6. The van der Waals surface area contributed by atoms with Crippen LogP contribution in [-0.4, -0.2) is 48.9 Å². The Bertz CT molecular complexity index is 887. The van der Waals surface area contributed by atoms with Crippen LogP contribution in [0.1, 0.15) is 44.7 Å². The van der Waals surface area contributed by atoms with Crippen molar-refractivity contribution in [3.05, 3.63) is 48.0 Å². The molecule has 0 aromatic heterocycles. The highest BCUT2D eigenvalue weighted by Gasteiger charge is 2.68. The van der Waals surface area contributed by atoms with E-state index in [4.69, 9.17) is 4.43 Å². The van der Waals surface area contributed by atoms with E-state index in [1.165, 1.54) is 0 Å². The van der Waals surface area contributed by atoms with Gasteiger partial charge in [0.05, 0.1) is 16.0 Å². The number of hydrogen-bond acceptors (Lipinski definition) is 4. The number of amides is 1. The molecule has 2 fully saturated rings. The lowest BCUT2D eigenvalue weighted by molar-refractivity contribution is -0.169. The molecule has 1 aromatic rings. The van der Waals surface area contributed by atoms with Crippen LogP contribution in [-0.2, 0) is 24.1 Å². The van der Waals surface area contributed by atoms with Gasteiger partial charge in [-0.3, -0.25) is 4.79 Å². The van der Waals surface area contributed by atoms with E-state index in [-0.39, 0.29) is 28.5 Å². The highest BCUT2D eigenvalue weighted by Crippen LogP contribution is 2.62. The van der Waals surface area contributed by atoms with Crippen LogP contribution in [0.4, 0.5) is 0 Å². The number of carboxylic acid groups (broad SMARTS) is 1. The first-order valence-electron chi connectivity index (χ1n) is 11.6. The molecular formula is C25H36BrNO4SSi. The van der Waals surface area contributed by atoms with Crippen molar-refractivity contribution in [3.8, 4) is 0 Å². The molecule has 2 aliphatic heterocycles. The van der Waals surface area contributed by atoms with E-state index < -0.39 is 25.8 Å². The summed E-state index contributed by atoms with van der Waals surface area (Å²) in [6.45, 7) is 15.4. The maximum atomic E-state index is 13.6. The molecule has 2 unspecified atom stereocenters. The number of thioether (sulfide) groups is 1. The molecule has 0 saturated carbocycles. The molecule has 0 bridgehead atoms. The van der Waals surface area contributed by atoms with E-state index in [1.54, 1.807) is 22.7 Å². The molecule has 2 heterocycles. The standard InChI is InChI=1S/C25H36BrNO4SSi/c1-7-13-25(17-10-8-16(15-26)9-11-17)20(23(29)30)27-21(28)19(22(27)32-25)18(24(2,3)4)12-14-31-33(5)6/h7-11,18-20,22,33H,1,12-15H2,2-6H3,(H,29,30)/t18-,19+,20?,22+,25?/m0/s1. The molecule has 5 nitrogen and oxygen atoms in total. The number of halogens is 1. The van der Waals surface area contributed by atoms with E-state index in [0.717, 1.165) is 22.9 Å². The third-order valence-corrected chi connectivity index (χ3v) is 10.2. The van der Waals surface area contributed by atoms with E-state index in [2.05, 4.69) is 56.4 Å². The summed E-state index contributed by atoms with van der Waals surface area (Å²) in [7, 11) is -1.14. The summed E-state index contributed by atoms with van der Waals surface area (Å²) >= 11 is 5.12. The van der Waals surface area contributed by atoms with Gasteiger partial charge in [0, 0.05) is 11.9 Å². The fourth-order valence-electron chi connectivity index (χ4n) is 5.28. The van der Waals surface area contributed by atoms with Crippen LogP contribution in [0.25, 0.3) is 0 Å². The van der Waals surface area contributed by atoms with Gasteiger partial charge in [-0.15, -0.1) is 18.3 Å². The number of alkyl halides is 1. The fraction of sp³-hybridized carbons (Fsp3) is 0.600. The molecule has 182 valence electrons.